The van der Waals surface area contributed by atoms with E-state index in [1.165, 1.54) is 35.4 Å². The normalized spacial score (nSPS) is 11.2. The molecule has 0 atom stereocenters. The van der Waals surface area contributed by atoms with Crippen LogP contribution >= 0.6 is 11.3 Å². The second kappa shape index (κ2) is 8.00. The quantitative estimate of drug-likeness (QED) is 0.456. The van der Waals surface area contributed by atoms with E-state index in [2.05, 4.69) is 9.72 Å². The summed E-state index contributed by atoms with van der Waals surface area (Å²) >= 11 is 1.46. The molecule has 0 unspecified atom stereocenters. The van der Waals surface area contributed by atoms with E-state index >= 15 is 0 Å². The summed E-state index contributed by atoms with van der Waals surface area (Å²) in [5.41, 5.74) is 1.56. The lowest BCUT2D eigenvalue weighted by Crippen LogP contribution is -2.20. The van der Waals surface area contributed by atoms with Gasteiger partial charge >= 0.3 is 6.61 Å². The molecule has 0 N–H and O–H groups in total. The van der Waals surface area contributed by atoms with E-state index < -0.39 is 6.61 Å². The molecule has 0 radical (unpaired) electrons. The zero-order valence-electron chi connectivity index (χ0n) is 15.3. The minimum Gasteiger partial charge on any atom is -0.493 e. The first-order valence-electron chi connectivity index (χ1n) is 8.71. The summed E-state index contributed by atoms with van der Waals surface area (Å²) in [6, 6.07) is 16.2. The number of aromatic nitrogens is 2. The molecule has 4 rings (SSSR count). The first-order chi connectivity index (χ1) is 14.0. The zero-order valence-corrected chi connectivity index (χ0v) is 16.2. The average Bonchev–Trinajstić information content (AvgIpc) is 3.17. The molecule has 5 nitrogen and oxygen atoms in total. The third-order valence-corrected chi connectivity index (χ3v) is 5.47. The highest BCUT2D eigenvalue weighted by atomic mass is 32.1. The number of ether oxygens (including phenoxy) is 2. The third kappa shape index (κ3) is 3.97. The van der Waals surface area contributed by atoms with Crippen LogP contribution in [0.2, 0.25) is 0 Å². The predicted molar refractivity (Wildman–Crippen MR) is 108 cm³/mol. The van der Waals surface area contributed by atoms with E-state index in [-0.39, 0.29) is 23.6 Å². The van der Waals surface area contributed by atoms with E-state index in [9.17, 15) is 13.6 Å². The first-order valence-corrected chi connectivity index (χ1v) is 9.53. The summed E-state index contributed by atoms with van der Waals surface area (Å²) in [6.45, 7) is -2.72. The second-order valence-corrected chi connectivity index (χ2v) is 7.27. The largest absolute Gasteiger partial charge is 0.493 e. The van der Waals surface area contributed by atoms with Crippen molar-refractivity contribution in [2.24, 2.45) is 0 Å². The fourth-order valence-electron chi connectivity index (χ4n) is 3.02. The van der Waals surface area contributed by atoms with Gasteiger partial charge in [-0.05, 0) is 29.3 Å². The van der Waals surface area contributed by atoms with Crippen LogP contribution in [0.15, 0.2) is 65.7 Å². The lowest BCUT2D eigenvalue weighted by Gasteiger charge is -2.12. The Morgan fingerprint density at radius 1 is 1.10 bits per heavy atom. The van der Waals surface area contributed by atoms with E-state index in [0.717, 1.165) is 10.4 Å². The standard InChI is InChI=1S/C21H16F2N2O3S/c1-27-17-9-13(7-8-16(17)28-21(22)23)11-25-12-24-19-15(20(25)26)10-18(29-19)14-5-3-2-4-6-14/h2-10,12,21H,11H2,1H3. The van der Waals surface area contributed by atoms with Crippen molar-refractivity contribution < 1.29 is 18.3 Å². The molecule has 0 fully saturated rings. The van der Waals surface area contributed by atoms with Gasteiger partial charge in [0.2, 0.25) is 0 Å². The maximum absolute atomic E-state index is 12.9. The number of halogens is 2. The highest BCUT2D eigenvalue weighted by molar-refractivity contribution is 7.21. The fourth-order valence-corrected chi connectivity index (χ4v) is 4.01. The monoisotopic (exact) mass is 414 g/mol. The Bertz CT molecular complexity index is 1210. The molecular formula is C21H16F2N2O3S. The number of alkyl halides is 2. The molecule has 0 amide bonds. The van der Waals surface area contributed by atoms with Crippen LogP contribution in [0, 0.1) is 0 Å². The molecule has 0 saturated heterocycles. The summed E-state index contributed by atoms with van der Waals surface area (Å²) in [6.07, 6.45) is 1.49. The smallest absolute Gasteiger partial charge is 0.387 e. The SMILES string of the molecule is COc1cc(Cn2cnc3sc(-c4ccccc4)cc3c2=O)ccc1OC(F)F. The van der Waals surface area contributed by atoms with Crippen LogP contribution in [0.4, 0.5) is 8.78 Å². The summed E-state index contributed by atoms with van der Waals surface area (Å²) in [4.78, 5) is 19.0. The van der Waals surface area contributed by atoms with Crippen molar-refractivity contribution in [2.45, 2.75) is 13.2 Å². The average molecular weight is 414 g/mol. The highest BCUT2D eigenvalue weighted by Gasteiger charge is 2.13. The predicted octanol–water partition coefficient (Wildman–Crippen LogP) is 4.78. The van der Waals surface area contributed by atoms with Crippen molar-refractivity contribution >= 4 is 21.6 Å². The van der Waals surface area contributed by atoms with Gasteiger partial charge in [-0.25, -0.2) is 4.98 Å². The van der Waals surface area contributed by atoms with Crippen molar-refractivity contribution in [3.05, 3.63) is 76.8 Å². The fraction of sp³-hybridized carbons (Fsp3) is 0.143. The maximum atomic E-state index is 12.9. The lowest BCUT2D eigenvalue weighted by atomic mass is 10.2. The molecule has 8 heteroatoms. The van der Waals surface area contributed by atoms with Crippen LogP contribution in [0.3, 0.4) is 0 Å². The molecule has 29 heavy (non-hydrogen) atoms. The first kappa shape index (κ1) is 19.1. The van der Waals surface area contributed by atoms with Crippen molar-refractivity contribution in [3.63, 3.8) is 0 Å². The number of rotatable bonds is 6. The Morgan fingerprint density at radius 2 is 1.90 bits per heavy atom. The summed E-state index contributed by atoms with van der Waals surface area (Å²) in [7, 11) is 1.37. The van der Waals surface area contributed by atoms with E-state index in [1.54, 1.807) is 12.1 Å². The molecule has 2 aromatic carbocycles. The maximum Gasteiger partial charge on any atom is 0.387 e. The van der Waals surface area contributed by atoms with Crippen LogP contribution in [-0.2, 0) is 6.54 Å². The minimum absolute atomic E-state index is 0.0579. The molecule has 0 aliphatic carbocycles. The lowest BCUT2D eigenvalue weighted by molar-refractivity contribution is -0.0512. The zero-order chi connectivity index (χ0) is 20.4. The van der Waals surface area contributed by atoms with Gasteiger partial charge in [0, 0.05) is 4.88 Å². The summed E-state index contributed by atoms with van der Waals surface area (Å²) in [5, 5.41) is 0.543. The van der Waals surface area contributed by atoms with Crippen LogP contribution in [0.25, 0.3) is 20.7 Å². The molecule has 148 valence electrons. The second-order valence-electron chi connectivity index (χ2n) is 6.24. The third-order valence-electron chi connectivity index (χ3n) is 4.37. The molecule has 2 aromatic heterocycles. The summed E-state index contributed by atoms with van der Waals surface area (Å²) in [5.74, 6) is 0.115. The molecule has 4 aromatic rings. The number of thiophene rings is 1. The Labute approximate surface area is 168 Å². The van der Waals surface area contributed by atoms with Crippen LogP contribution < -0.4 is 15.0 Å². The van der Waals surface area contributed by atoms with E-state index in [4.69, 9.17) is 4.74 Å². The Balaban J connectivity index is 1.66. The van der Waals surface area contributed by atoms with Crippen LogP contribution in [-0.4, -0.2) is 23.3 Å². The molecule has 0 saturated carbocycles. The number of hydrogen-bond acceptors (Lipinski definition) is 5. The number of benzene rings is 2. The summed E-state index contributed by atoms with van der Waals surface area (Å²) < 4.78 is 36.0. The van der Waals surface area contributed by atoms with Gasteiger partial charge in [-0.15, -0.1) is 11.3 Å². The van der Waals surface area contributed by atoms with Gasteiger partial charge in [-0.2, -0.15) is 8.78 Å². The minimum atomic E-state index is -2.94. The van der Waals surface area contributed by atoms with Gasteiger partial charge in [-0.3, -0.25) is 9.36 Å². The molecule has 0 bridgehead atoms. The van der Waals surface area contributed by atoms with E-state index in [1.807, 2.05) is 36.4 Å². The highest BCUT2D eigenvalue weighted by Crippen LogP contribution is 2.31. The Kier molecular flexibility index (Phi) is 5.26. The van der Waals surface area contributed by atoms with Gasteiger partial charge in [-0.1, -0.05) is 36.4 Å². The van der Waals surface area contributed by atoms with Crippen LogP contribution in [0.5, 0.6) is 11.5 Å². The van der Waals surface area contributed by atoms with Gasteiger partial charge in [0.05, 0.1) is 25.4 Å². The van der Waals surface area contributed by atoms with Crippen molar-refractivity contribution in [3.8, 4) is 21.9 Å². The van der Waals surface area contributed by atoms with Gasteiger partial charge < -0.3 is 9.47 Å². The molecule has 2 heterocycles. The number of fused-ring (bicyclic) bond motifs is 1. The van der Waals surface area contributed by atoms with Crippen molar-refractivity contribution in [1.82, 2.24) is 9.55 Å². The Morgan fingerprint density at radius 3 is 2.62 bits per heavy atom. The number of methoxy groups -OCH3 is 1. The Hall–Kier alpha value is -3.26. The molecule has 0 aliphatic rings. The topological polar surface area (TPSA) is 53.4 Å². The molecule has 0 aliphatic heterocycles. The number of hydrogen-bond donors (Lipinski definition) is 0. The van der Waals surface area contributed by atoms with Gasteiger partial charge in [0.1, 0.15) is 4.83 Å². The van der Waals surface area contributed by atoms with Gasteiger partial charge in [0.15, 0.2) is 11.5 Å². The van der Waals surface area contributed by atoms with Crippen LogP contribution in [0.1, 0.15) is 5.56 Å². The van der Waals surface area contributed by atoms with E-state index in [0.29, 0.717) is 15.8 Å². The van der Waals surface area contributed by atoms with Crippen molar-refractivity contribution in [1.29, 1.82) is 0 Å². The molecule has 0 spiro atoms. The molecular weight excluding hydrogens is 398 g/mol. The van der Waals surface area contributed by atoms with Crippen molar-refractivity contribution in [2.75, 3.05) is 7.11 Å². The van der Waals surface area contributed by atoms with Gasteiger partial charge in [0.25, 0.3) is 5.56 Å². The number of nitrogens with zero attached hydrogens (tertiary/aromatic N) is 2.